The molecule has 3 aromatic rings. The number of hydrogen-bond acceptors (Lipinski definition) is 7. The number of nitrogens with zero attached hydrogens (tertiary/aromatic N) is 4. The van der Waals surface area contributed by atoms with Crippen molar-refractivity contribution in [2.24, 2.45) is 0 Å². The van der Waals surface area contributed by atoms with Crippen molar-refractivity contribution in [2.75, 3.05) is 50.8 Å². The second-order valence-electron chi connectivity index (χ2n) is 8.15. The van der Waals surface area contributed by atoms with Crippen molar-refractivity contribution < 1.29 is 9.90 Å². The maximum absolute atomic E-state index is 12.6. The van der Waals surface area contributed by atoms with Gasteiger partial charge in [-0.2, -0.15) is 5.26 Å². The number of aromatic nitrogens is 1. The smallest absolute Gasteiger partial charge is 0.238 e. The molecule has 1 amide bonds. The summed E-state index contributed by atoms with van der Waals surface area (Å²) in [6.07, 6.45) is 0. The second kappa shape index (κ2) is 9.69. The topological polar surface area (TPSA) is 119 Å². The lowest BCUT2D eigenvalue weighted by Crippen LogP contribution is -2.47. The molecule has 8 nitrogen and oxygen atoms in total. The minimum atomic E-state index is -0.0821. The minimum absolute atomic E-state index is 0.0741. The Labute approximate surface area is 192 Å². The molecule has 2 heterocycles. The number of rotatable bonds is 5. The van der Waals surface area contributed by atoms with Crippen LogP contribution >= 0.6 is 0 Å². The molecule has 33 heavy (non-hydrogen) atoms. The van der Waals surface area contributed by atoms with Gasteiger partial charge in [0.05, 0.1) is 12.2 Å². The van der Waals surface area contributed by atoms with Crippen LogP contribution in [0, 0.1) is 11.3 Å². The molecule has 8 heteroatoms. The van der Waals surface area contributed by atoms with E-state index in [0.29, 0.717) is 29.1 Å². The van der Waals surface area contributed by atoms with Gasteiger partial charge >= 0.3 is 0 Å². The molecule has 0 aliphatic carbocycles. The number of piperazine rings is 1. The Morgan fingerprint density at radius 3 is 2.61 bits per heavy atom. The number of nitrogen functional groups attached to an aromatic ring is 1. The largest absolute Gasteiger partial charge is 0.507 e. The quantitative estimate of drug-likeness (QED) is 0.556. The molecule has 0 unspecified atom stereocenters. The average molecular weight is 443 g/mol. The van der Waals surface area contributed by atoms with Crippen LogP contribution in [0.3, 0.4) is 0 Å². The summed E-state index contributed by atoms with van der Waals surface area (Å²) < 4.78 is 0. The number of nitrogens with two attached hydrogens (primary N) is 1. The van der Waals surface area contributed by atoms with E-state index in [9.17, 15) is 15.2 Å². The lowest BCUT2D eigenvalue weighted by atomic mass is 9.98. The molecule has 0 radical (unpaired) electrons. The molecule has 2 aromatic carbocycles. The molecule has 0 bridgehead atoms. The molecule has 1 aliphatic rings. The Morgan fingerprint density at radius 2 is 1.88 bits per heavy atom. The molecule has 1 fully saturated rings. The number of pyridine rings is 1. The van der Waals surface area contributed by atoms with E-state index in [0.717, 1.165) is 31.7 Å². The maximum Gasteiger partial charge on any atom is 0.238 e. The average Bonchev–Trinajstić information content (AvgIpc) is 2.80. The zero-order chi connectivity index (χ0) is 23.4. The van der Waals surface area contributed by atoms with E-state index in [1.54, 1.807) is 30.3 Å². The fourth-order valence-corrected chi connectivity index (χ4v) is 3.91. The lowest BCUT2D eigenvalue weighted by Gasteiger charge is -2.31. The zero-order valence-corrected chi connectivity index (χ0v) is 18.5. The number of carbonyl (C=O) groups excluding carboxylic acids is 1. The third-order valence-corrected chi connectivity index (χ3v) is 5.76. The highest BCUT2D eigenvalue weighted by Crippen LogP contribution is 2.35. The Kier molecular flexibility index (Phi) is 6.54. The van der Waals surface area contributed by atoms with Crippen LogP contribution in [0.25, 0.3) is 22.4 Å². The molecule has 168 valence electrons. The van der Waals surface area contributed by atoms with Gasteiger partial charge in [-0.15, -0.1) is 0 Å². The van der Waals surface area contributed by atoms with Crippen LogP contribution in [0.4, 0.5) is 11.5 Å². The molecule has 0 atom stereocenters. The van der Waals surface area contributed by atoms with E-state index in [1.165, 1.54) is 0 Å². The molecular formula is C25H26N6O2. The highest BCUT2D eigenvalue weighted by atomic mass is 16.3. The summed E-state index contributed by atoms with van der Waals surface area (Å²) in [7, 11) is 2.08. The number of phenolic OH excluding ortho intramolecular Hbond substituents is 1. The third-order valence-electron chi connectivity index (χ3n) is 5.76. The van der Waals surface area contributed by atoms with Gasteiger partial charge in [-0.05, 0) is 42.9 Å². The summed E-state index contributed by atoms with van der Waals surface area (Å²) in [5.41, 5.74) is 9.26. The number of anilines is 2. The van der Waals surface area contributed by atoms with Gasteiger partial charge in [0.1, 0.15) is 23.2 Å². The van der Waals surface area contributed by atoms with Gasteiger partial charge < -0.3 is 21.1 Å². The van der Waals surface area contributed by atoms with Crippen molar-refractivity contribution in [1.82, 2.24) is 14.8 Å². The van der Waals surface area contributed by atoms with Gasteiger partial charge in [0.2, 0.25) is 5.91 Å². The number of amides is 1. The van der Waals surface area contributed by atoms with Crippen molar-refractivity contribution in [3.8, 4) is 34.2 Å². The maximum atomic E-state index is 12.6. The van der Waals surface area contributed by atoms with Gasteiger partial charge in [-0.25, -0.2) is 4.98 Å². The van der Waals surface area contributed by atoms with Crippen molar-refractivity contribution in [3.63, 3.8) is 0 Å². The Morgan fingerprint density at radius 1 is 1.12 bits per heavy atom. The summed E-state index contributed by atoms with van der Waals surface area (Å²) in [5, 5.41) is 22.9. The van der Waals surface area contributed by atoms with Crippen molar-refractivity contribution in [2.45, 2.75) is 0 Å². The first kappa shape index (κ1) is 22.3. The van der Waals surface area contributed by atoms with Gasteiger partial charge in [-0.3, -0.25) is 9.69 Å². The molecule has 0 saturated carbocycles. The first-order valence-electron chi connectivity index (χ1n) is 10.7. The molecule has 4 N–H and O–H groups in total. The van der Waals surface area contributed by atoms with Crippen LogP contribution in [0.1, 0.15) is 5.56 Å². The number of para-hydroxylation sites is 1. The van der Waals surface area contributed by atoms with Crippen molar-refractivity contribution in [3.05, 3.63) is 60.2 Å². The van der Waals surface area contributed by atoms with Crippen molar-refractivity contribution >= 4 is 17.4 Å². The molecule has 0 spiro atoms. The third kappa shape index (κ3) is 5.12. The van der Waals surface area contributed by atoms with Gasteiger partial charge in [0.25, 0.3) is 0 Å². The van der Waals surface area contributed by atoms with Crippen LogP contribution in [0.2, 0.25) is 0 Å². The number of benzene rings is 2. The SMILES string of the molecule is CN1CCN(CC(=O)Nc2cccc(-c3cc(-c4ccccc4O)nc(N)c3C#N)c2)CC1. The van der Waals surface area contributed by atoms with E-state index in [-0.39, 0.29) is 23.0 Å². The van der Waals surface area contributed by atoms with Gasteiger partial charge in [0, 0.05) is 43.0 Å². The molecule has 1 saturated heterocycles. The summed E-state index contributed by atoms with van der Waals surface area (Å²) in [6.45, 7) is 3.95. The number of nitrogens with one attached hydrogen (secondary N) is 1. The first-order chi connectivity index (χ1) is 15.9. The molecular weight excluding hydrogens is 416 g/mol. The van der Waals surface area contributed by atoms with Crippen LogP contribution in [-0.4, -0.2) is 65.6 Å². The van der Waals surface area contributed by atoms with Crippen molar-refractivity contribution in [1.29, 1.82) is 5.26 Å². The minimum Gasteiger partial charge on any atom is -0.507 e. The fourth-order valence-electron chi connectivity index (χ4n) is 3.91. The number of nitriles is 1. The number of carbonyl (C=O) groups is 1. The first-order valence-corrected chi connectivity index (χ1v) is 10.7. The normalized spacial score (nSPS) is 14.5. The summed E-state index contributed by atoms with van der Waals surface area (Å²) in [4.78, 5) is 21.3. The number of phenols is 1. The Balaban J connectivity index is 1.60. The monoisotopic (exact) mass is 442 g/mol. The van der Waals surface area contributed by atoms with Crippen LogP contribution < -0.4 is 11.1 Å². The molecule has 4 rings (SSSR count). The standard InChI is InChI=1S/C25H26N6O2/c1-30-9-11-31(12-10-30)16-24(33)28-18-6-4-5-17(13-18)20-14-22(29-25(27)21(20)15-26)19-7-2-3-8-23(19)32/h2-8,13-14,32H,9-12,16H2,1H3,(H2,27,29)(H,28,33). The molecule has 1 aliphatic heterocycles. The van der Waals surface area contributed by atoms with Crippen LogP contribution in [0.5, 0.6) is 5.75 Å². The van der Waals surface area contributed by atoms with Crippen LogP contribution in [-0.2, 0) is 4.79 Å². The van der Waals surface area contributed by atoms with Crippen LogP contribution in [0.15, 0.2) is 54.6 Å². The predicted molar refractivity (Wildman–Crippen MR) is 128 cm³/mol. The van der Waals surface area contributed by atoms with E-state index in [4.69, 9.17) is 5.73 Å². The fraction of sp³-hybridized carbons (Fsp3) is 0.240. The van der Waals surface area contributed by atoms with E-state index < -0.39 is 0 Å². The molecule has 1 aromatic heterocycles. The summed E-state index contributed by atoms with van der Waals surface area (Å²) >= 11 is 0. The van der Waals surface area contributed by atoms with E-state index >= 15 is 0 Å². The summed E-state index contributed by atoms with van der Waals surface area (Å²) in [5.74, 6) is 0.0732. The summed E-state index contributed by atoms with van der Waals surface area (Å²) in [6, 6.07) is 18.0. The number of likely N-dealkylation sites (N-methyl/N-ethyl adjacent to an activating group) is 1. The number of hydrogen-bond donors (Lipinski definition) is 3. The highest BCUT2D eigenvalue weighted by molar-refractivity contribution is 5.93. The number of aromatic hydroxyl groups is 1. The predicted octanol–water partition coefficient (Wildman–Crippen LogP) is 2.76. The van der Waals surface area contributed by atoms with E-state index in [2.05, 4.69) is 33.2 Å². The second-order valence-corrected chi connectivity index (χ2v) is 8.15. The van der Waals surface area contributed by atoms with Gasteiger partial charge in [0.15, 0.2) is 0 Å². The highest BCUT2D eigenvalue weighted by Gasteiger charge is 2.18. The Bertz CT molecular complexity index is 1210. The Hall–Kier alpha value is -3.93. The lowest BCUT2D eigenvalue weighted by molar-refractivity contribution is -0.117. The van der Waals surface area contributed by atoms with E-state index in [1.807, 2.05) is 24.3 Å². The zero-order valence-electron chi connectivity index (χ0n) is 18.5. The van der Waals surface area contributed by atoms with Gasteiger partial charge in [-0.1, -0.05) is 24.3 Å².